The molecular formula is C11H5Cl2N3. The fourth-order valence-electron chi connectivity index (χ4n) is 1.31. The van der Waals surface area contributed by atoms with Gasteiger partial charge < -0.3 is 0 Å². The van der Waals surface area contributed by atoms with E-state index in [4.69, 9.17) is 28.5 Å². The Morgan fingerprint density at radius 2 is 1.94 bits per heavy atom. The van der Waals surface area contributed by atoms with Crippen molar-refractivity contribution in [2.24, 2.45) is 0 Å². The fourth-order valence-corrected chi connectivity index (χ4v) is 1.66. The maximum absolute atomic E-state index is 8.80. The van der Waals surface area contributed by atoms with Crippen molar-refractivity contribution in [3.8, 4) is 17.2 Å². The molecule has 16 heavy (non-hydrogen) atoms. The Hall–Kier alpha value is -1.63. The third-order valence-electron chi connectivity index (χ3n) is 2.02. The Kier molecular flexibility index (Phi) is 3.04. The van der Waals surface area contributed by atoms with Gasteiger partial charge in [0.15, 0.2) is 10.3 Å². The molecule has 0 aliphatic heterocycles. The van der Waals surface area contributed by atoms with Crippen LogP contribution in [0, 0.1) is 11.3 Å². The van der Waals surface area contributed by atoms with Gasteiger partial charge >= 0.3 is 0 Å². The van der Waals surface area contributed by atoms with Gasteiger partial charge in [-0.05, 0) is 23.8 Å². The molecule has 1 aromatic carbocycles. The molecule has 0 atom stereocenters. The van der Waals surface area contributed by atoms with Crippen molar-refractivity contribution in [3.05, 3.63) is 46.2 Å². The van der Waals surface area contributed by atoms with E-state index in [2.05, 4.69) is 16.3 Å². The summed E-state index contributed by atoms with van der Waals surface area (Å²) in [6, 6.07) is 10.7. The first-order valence-corrected chi connectivity index (χ1v) is 5.15. The highest BCUT2D eigenvalue weighted by Gasteiger charge is 2.07. The predicted octanol–water partition coefficient (Wildman–Crippen LogP) is 3.32. The van der Waals surface area contributed by atoms with Gasteiger partial charge in [-0.1, -0.05) is 35.3 Å². The summed E-state index contributed by atoms with van der Waals surface area (Å²) >= 11 is 11.7. The van der Waals surface area contributed by atoms with E-state index in [1.807, 2.05) is 6.07 Å². The maximum atomic E-state index is 8.80. The third kappa shape index (κ3) is 2.13. The first-order chi connectivity index (χ1) is 7.70. The maximum Gasteiger partial charge on any atom is 0.159 e. The van der Waals surface area contributed by atoms with Gasteiger partial charge in [0.05, 0.1) is 11.6 Å². The molecule has 0 unspecified atom stereocenters. The zero-order chi connectivity index (χ0) is 11.5. The lowest BCUT2D eigenvalue weighted by molar-refractivity contribution is 1.03. The monoisotopic (exact) mass is 249 g/mol. The summed E-state index contributed by atoms with van der Waals surface area (Å²) in [6.07, 6.45) is 0. The minimum absolute atomic E-state index is 0.263. The van der Waals surface area contributed by atoms with E-state index in [1.165, 1.54) is 0 Å². The standard InChI is InChI=1S/C11H5Cl2N3/c12-10-5-9(11(13)16-15-10)8-3-1-2-7(4-8)6-14/h1-5H. The summed E-state index contributed by atoms with van der Waals surface area (Å²) in [7, 11) is 0. The molecule has 0 bridgehead atoms. The molecule has 78 valence electrons. The zero-order valence-electron chi connectivity index (χ0n) is 7.98. The minimum atomic E-state index is 0.263. The highest BCUT2D eigenvalue weighted by Crippen LogP contribution is 2.27. The van der Waals surface area contributed by atoms with Crippen LogP contribution in [0.25, 0.3) is 11.1 Å². The molecule has 0 N–H and O–H groups in total. The minimum Gasteiger partial charge on any atom is -0.192 e. The molecule has 0 spiro atoms. The largest absolute Gasteiger partial charge is 0.192 e. The van der Waals surface area contributed by atoms with Gasteiger partial charge in [0.1, 0.15) is 0 Å². The number of nitriles is 1. The Balaban J connectivity index is 2.58. The molecule has 1 heterocycles. The van der Waals surface area contributed by atoms with Crippen molar-refractivity contribution in [1.29, 1.82) is 5.26 Å². The number of benzene rings is 1. The predicted molar refractivity (Wildman–Crippen MR) is 62.2 cm³/mol. The molecule has 0 saturated heterocycles. The molecule has 5 heteroatoms. The van der Waals surface area contributed by atoms with Crippen molar-refractivity contribution in [2.45, 2.75) is 0 Å². The van der Waals surface area contributed by atoms with Crippen LogP contribution in [0.4, 0.5) is 0 Å². The first-order valence-electron chi connectivity index (χ1n) is 4.40. The number of rotatable bonds is 1. The molecule has 0 aliphatic carbocycles. The molecule has 0 aliphatic rings. The second-order valence-corrected chi connectivity index (χ2v) is 3.81. The van der Waals surface area contributed by atoms with E-state index < -0.39 is 0 Å². The average Bonchev–Trinajstić information content (AvgIpc) is 2.32. The zero-order valence-corrected chi connectivity index (χ0v) is 9.50. The van der Waals surface area contributed by atoms with E-state index in [9.17, 15) is 0 Å². The molecule has 0 fully saturated rings. The van der Waals surface area contributed by atoms with Crippen LogP contribution >= 0.6 is 23.2 Å². The number of halogens is 2. The van der Waals surface area contributed by atoms with Crippen LogP contribution in [0.3, 0.4) is 0 Å². The van der Waals surface area contributed by atoms with Crippen LogP contribution in [0.2, 0.25) is 10.3 Å². The highest BCUT2D eigenvalue weighted by atomic mass is 35.5. The second kappa shape index (κ2) is 4.48. The number of hydrogen-bond donors (Lipinski definition) is 0. The van der Waals surface area contributed by atoms with Crippen LogP contribution in [-0.4, -0.2) is 10.2 Å². The summed E-state index contributed by atoms with van der Waals surface area (Å²) in [5.74, 6) is 0. The van der Waals surface area contributed by atoms with Crippen molar-refractivity contribution in [1.82, 2.24) is 10.2 Å². The van der Waals surface area contributed by atoms with E-state index in [-0.39, 0.29) is 10.3 Å². The van der Waals surface area contributed by atoms with Crippen LogP contribution in [0.1, 0.15) is 5.56 Å². The number of nitrogens with zero attached hydrogens (tertiary/aromatic N) is 3. The van der Waals surface area contributed by atoms with Gasteiger partial charge in [0.2, 0.25) is 0 Å². The van der Waals surface area contributed by atoms with Crippen LogP contribution in [0.15, 0.2) is 30.3 Å². The summed E-state index contributed by atoms with van der Waals surface area (Å²) in [4.78, 5) is 0. The molecule has 3 nitrogen and oxygen atoms in total. The van der Waals surface area contributed by atoms with Gasteiger partial charge in [-0.25, -0.2) is 0 Å². The molecule has 0 saturated carbocycles. The molecule has 1 aromatic heterocycles. The van der Waals surface area contributed by atoms with Crippen LogP contribution in [-0.2, 0) is 0 Å². The highest BCUT2D eigenvalue weighted by molar-refractivity contribution is 6.33. The molecule has 0 amide bonds. The van der Waals surface area contributed by atoms with Crippen molar-refractivity contribution in [3.63, 3.8) is 0 Å². The Bertz CT molecular complexity index is 576. The van der Waals surface area contributed by atoms with Gasteiger partial charge in [-0.3, -0.25) is 0 Å². The molecule has 2 rings (SSSR count). The van der Waals surface area contributed by atoms with E-state index in [1.54, 1.807) is 24.3 Å². The average molecular weight is 250 g/mol. The normalized spacial score (nSPS) is 9.81. The summed E-state index contributed by atoms with van der Waals surface area (Å²) in [6.45, 7) is 0. The Morgan fingerprint density at radius 1 is 1.12 bits per heavy atom. The first kappa shape index (κ1) is 10.9. The van der Waals surface area contributed by atoms with Crippen molar-refractivity contribution < 1.29 is 0 Å². The van der Waals surface area contributed by atoms with Crippen molar-refractivity contribution in [2.75, 3.05) is 0 Å². The number of aromatic nitrogens is 2. The second-order valence-electron chi connectivity index (χ2n) is 3.06. The lowest BCUT2D eigenvalue weighted by atomic mass is 10.1. The summed E-state index contributed by atoms with van der Waals surface area (Å²) in [5.41, 5.74) is 2.01. The summed E-state index contributed by atoms with van der Waals surface area (Å²) in [5, 5.41) is 16.7. The van der Waals surface area contributed by atoms with Gasteiger partial charge in [-0.15, -0.1) is 10.2 Å². The lowest BCUT2D eigenvalue weighted by Gasteiger charge is -2.03. The van der Waals surface area contributed by atoms with Crippen LogP contribution < -0.4 is 0 Å². The van der Waals surface area contributed by atoms with Crippen molar-refractivity contribution >= 4 is 23.2 Å². The van der Waals surface area contributed by atoms with Gasteiger partial charge in [-0.2, -0.15) is 5.26 Å². The number of hydrogen-bond acceptors (Lipinski definition) is 3. The van der Waals surface area contributed by atoms with E-state index >= 15 is 0 Å². The molecular weight excluding hydrogens is 245 g/mol. The van der Waals surface area contributed by atoms with Gasteiger partial charge in [0.25, 0.3) is 0 Å². The Labute approximate surface area is 102 Å². The molecule has 0 radical (unpaired) electrons. The van der Waals surface area contributed by atoms with E-state index in [0.717, 1.165) is 5.56 Å². The summed E-state index contributed by atoms with van der Waals surface area (Å²) < 4.78 is 0. The smallest absolute Gasteiger partial charge is 0.159 e. The lowest BCUT2D eigenvalue weighted by Crippen LogP contribution is -1.88. The fraction of sp³-hybridized carbons (Fsp3) is 0. The quantitative estimate of drug-likeness (QED) is 0.779. The SMILES string of the molecule is N#Cc1cccc(-c2cc(Cl)nnc2Cl)c1. The van der Waals surface area contributed by atoms with Gasteiger partial charge in [0, 0.05) is 5.56 Å². The molecule has 2 aromatic rings. The topological polar surface area (TPSA) is 49.6 Å². The Morgan fingerprint density at radius 3 is 2.69 bits per heavy atom. The van der Waals surface area contributed by atoms with E-state index in [0.29, 0.717) is 11.1 Å². The third-order valence-corrected chi connectivity index (χ3v) is 2.49. The van der Waals surface area contributed by atoms with Crippen LogP contribution in [0.5, 0.6) is 0 Å².